The van der Waals surface area contributed by atoms with Gasteiger partial charge < -0.3 is 16.4 Å². The molecule has 0 bridgehead atoms. The van der Waals surface area contributed by atoms with Gasteiger partial charge in [-0.15, -0.1) is 0 Å². The molecule has 1 aliphatic rings. The van der Waals surface area contributed by atoms with Gasteiger partial charge in [-0.05, 0) is 50.3 Å². The summed E-state index contributed by atoms with van der Waals surface area (Å²) in [4.78, 5) is 27.6. The van der Waals surface area contributed by atoms with Crippen molar-refractivity contribution >= 4 is 11.8 Å². The molecule has 1 aromatic rings. The highest BCUT2D eigenvalue weighted by atomic mass is 19.1. The fourth-order valence-electron chi connectivity index (χ4n) is 3.02. The van der Waals surface area contributed by atoms with E-state index in [2.05, 4.69) is 15.6 Å². The number of aromatic nitrogens is 1. The molecule has 0 aromatic carbocycles. The van der Waals surface area contributed by atoms with E-state index in [0.717, 1.165) is 13.0 Å². The fraction of sp³-hybridized carbons (Fsp3) is 0.562. The zero-order valence-corrected chi connectivity index (χ0v) is 13.3. The van der Waals surface area contributed by atoms with Crippen LogP contribution in [0.25, 0.3) is 0 Å². The van der Waals surface area contributed by atoms with E-state index in [-0.39, 0.29) is 17.2 Å². The molecule has 126 valence electrons. The molecule has 4 N–H and O–H groups in total. The molecule has 1 unspecified atom stereocenters. The van der Waals surface area contributed by atoms with Crippen molar-refractivity contribution in [1.82, 2.24) is 15.6 Å². The molecule has 0 aliphatic carbocycles. The Bertz CT molecular complexity index is 585. The maximum Gasteiger partial charge on any atom is 0.269 e. The number of hydrogen-bond acceptors (Lipinski definition) is 4. The molecular weight excluding hydrogens is 299 g/mol. The zero-order chi connectivity index (χ0) is 16.9. The number of piperidine rings is 1. The lowest BCUT2D eigenvalue weighted by molar-refractivity contribution is 0.0956. The number of rotatable bonds is 6. The molecule has 6 nitrogen and oxygen atoms in total. The highest BCUT2D eigenvalue weighted by Gasteiger charge is 2.31. The van der Waals surface area contributed by atoms with Crippen molar-refractivity contribution in [1.29, 1.82) is 0 Å². The smallest absolute Gasteiger partial charge is 0.269 e. The van der Waals surface area contributed by atoms with Crippen LogP contribution in [0.4, 0.5) is 4.39 Å². The van der Waals surface area contributed by atoms with Crippen LogP contribution >= 0.6 is 0 Å². The van der Waals surface area contributed by atoms with Crippen molar-refractivity contribution in [2.45, 2.75) is 37.8 Å². The molecule has 2 amide bonds. The van der Waals surface area contributed by atoms with E-state index in [1.54, 1.807) is 0 Å². The van der Waals surface area contributed by atoms with Crippen LogP contribution in [0, 0.1) is 0 Å². The third-order valence-electron chi connectivity index (χ3n) is 4.24. The maximum atomic E-state index is 14.6. The van der Waals surface area contributed by atoms with Crippen LogP contribution < -0.4 is 16.4 Å². The van der Waals surface area contributed by atoms with Gasteiger partial charge in [-0.2, -0.15) is 0 Å². The first kappa shape index (κ1) is 17.3. The first-order valence-electron chi connectivity index (χ1n) is 7.86. The second-order valence-electron chi connectivity index (χ2n) is 5.91. The monoisotopic (exact) mass is 322 g/mol. The third kappa shape index (κ3) is 4.25. The van der Waals surface area contributed by atoms with E-state index in [1.165, 1.54) is 19.3 Å². The lowest BCUT2D eigenvalue weighted by atomic mass is 9.89. The Kier molecular flexibility index (Phi) is 5.65. The van der Waals surface area contributed by atoms with Crippen LogP contribution in [0.15, 0.2) is 12.3 Å². The molecular formula is C16H23FN4O2. The summed E-state index contributed by atoms with van der Waals surface area (Å²) < 4.78 is 14.6. The number of primary amides is 1. The van der Waals surface area contributed by atoms with E-state index in [9.17, 15) is 14.0 Å². The van der Waals surface area contributed by atoms with Crippen LogP contribution in [0.5, 0.6) is 0 Å². The number of nitrogens with one attached hydrogen (secondary N) is 2. The number of halogens is 1. The number of pyridine rings is 1. The summed E-state index contributed by atoms with van der Waals surface area (Å²) in [6.07, 6.45) is 4.03. The summed E-state index contributed by atoms with van der Waals surface area (Å²) in [5.74, 6) is -0.987. The zero-order valence-electron chi connectivity index (χ0n) is 13.3. The van der Waals surface area contributed by atoms with E-state index in [0.29, 0.717) is 37.8 Å². The Labute approximate surface area is 135 Å². The molecule has 1 aromatic heterocycles. The maximum absolute atomic E-state index is 14.6. The van der Waals surface area contributed by atoms with Crippen molar-refractivity contribution in [2.75, 3.05) is 20.1 Å². The van der Waals surface area contributed by atoms with Gasteiger partial charge in [0, 0.05) is 25.4 Å². The first-order valence-corrected chi connectivity index (χ1v) is 7.86. The number of nitrogens with two attached hydrogens (primary N) is 1. The molecule has 2 heterocycles. The SMILES string of the molecule is CNC(=O)c1nccc(C(N)=O)c1CCCC1(F)CCCNC1. The summed E-state index contributed by atoms with van der Waals surface area (Å²) in [5.41, 5.74) is 5.10. The van der Waals surface area contributed by atoms with Crippen LogP contribution in [-0.4, -0.2) is 42.6 Å². The van der Waals surface area contributed by atoms with Gasteiger partial charge >= 0.3 is 0 Å². The molecule has 23 heavy (non-hydrogen) atoms. The average molecular weight is 322 g/mol. The van der Waals surface area contributed by atoms with Crippen molar-refractivity contribution in [3.05, 3.63) is 29.1 Å². The predicted octanol–water partition coefficient (Wildman–Crippen LogP) is 0.954. The average Bonchev–Trinajstić information content (AvgIpc) is 2.54. The Morgan fingerprint density at radius 2 is 2.30 bits per heavy atom. The first-order chi connectivity index (χ1) is 11.0. The van der Waals surface area contributed by atoms with Crippen molar-refractivity contribution in [3.8, 4) is 0 Å². The standard InChI is InChI=1S/C16H23FN4O2/c1-19-15(23)13-11(12(14(18)22)5-9-21-13)4-2-6-16(17)7-3-8-20-10-16/h5,9,20H,2-4,6-8,10H2,1H3,(H2,18,22)(H,19,23). The molecule has 1 saturated heterocycles. The van der Waals surface area contributed by atoms with Crippen molar-refractivity contribution in [3.63, 3.8) is 0 Å². The highest BCUT2D eigenvalue weighted by Crippen LogP contribution is 2.27. The molecule has 0 radical (unpaired) electrons. The second kappa shape index (κ2) is 7.50. The van der Waals surface area contributed by atoms with Crippen LogP contribution in [0.3, 0.4) is 0 Å². The largest absolute Gasteiger partial charge is 0.366 e. The minimum Gasteiger partial charge on any atom is -0.366 e. The summed E-state index contributed by atoms with van der Waals surface area (Å²) in [6.45, 7) is 1.20. The van der Waals surface area contributed by atoms with Gasteiger partial charge in [-0.1, -0.05) is 0 Å². The van der Waals surface area contributed by atoms with Crippen molar-refractivity contribution in [2.24, 2.45) is 5.73 Å². The number of amides is 2. The minimum absolute atomic E-state index is 0.179. The fourth-order valence-corrected chi connectivity index (χ4v) is 3.02. The number of nitrogens with zero attached hydrogens (tertiary/aromatic N) is 1. The van der Waals surface area contributed by atoms with E-state index in [1.807, 2.05) is 0 Å². The topological polar surface area (TPSA) is 97.1 Å². The summed E-state index contributed by atoms with van der Waals surface area (Å²) in [5, 5.41) is 5.56. The Morgan fingerprint density at radius 1 is 1.52 bits per heavy atom. The lowest BCUT2D eigenvalue weighted by Gasteiger charge is -2.30. The van der Waals surface area contributed by atoms with Gasteiger partial charge in [-0.3, -0.25) is 14.6 Å². The lowest BCUT2D eigenvalue weighted by Crippen LogP contribution is -2.42. The van der Waals surface area contributed by atoms with Crippen LogP contribution in [-0.2, 0) is 6.42 Å². The summed E-state index contributed by atoms with van der Waals surface area (Å²) in [7, 11) is 1.50. The molecule has 0 saturated carbocycles. The number of alkyl halides is 1. The van der Waals surface area contributed by atoms with Gasteiger partial charge in [0.25, 0.3) is 5.91 Å². The quantitative estimate of drug-likeness (QED) is 0.726. The minimum atomic E-state index is -1.22. The van der Waals surface area contributed by atoms with Gasteiger partial charge in [-0.25, -0.2) is 4.39 Å². The molecule has 7 heteroatoms. The molecule has 1 aliphatic heterocycles. The normalized spacial score (nSPS) is 21.0. The summed E-state index contributed by atoms with van der Waals surface area (Å²) in [6, 6.07) is 1.50. The number of carbonyl (C=O) groups is 2. The number of hydrogen-bond donors (Lipinski definition) is 3. The van der Waals surface area contributed by atoms with Crippen LogP contribution in [0.2, 0.25) is 0 Å². The van der Waals surface area contributed by atoms with E-state index in [4.69, 9.17) is 5.73 Å². The van der Waals surface area contributed by atoms with E-state index >= 15 is 0 Å². The van der Waals surface area contributed by atoms with Crippen molar-refractivity contribution < 1.29 is 14.0 Å². The molecule has 1 fully saturated rings. The van der Waals surface area contributed by atoms with Gasteiger partial charge in [0.1, 0.15) is 11.4 Å². The molecule has 0 spiro atoms. The van der Waals surface area contributed by atoms with E-state index < -0.39 is 11.6 Å². The molecule has 1 atom stereocenters. The van der Waals surface area contributed by atoms with Gasteiger partial charge in [0.2, 0.25) is 5.91 Å². The van der Waals surface area contributed by atoms with Crippen LogP contribution in [0.1, 0.15) is 52.1 Å². The molecule has 2 rings (SSSR count). The predicted molar refractivity (Wildman–Crippen MR) is 85.0 cm³/mol. The Morgan fingerprint density at radius 3 is 2.91 bits per heavy atom. The summed E-state index contributed by atoms with van der Waals surface area (Å²) >= 11 is 0. The third-order valence-corrected chi connectivity index (χ3v) is 4.24. The second-order valence-corrected chi connectivity index (χ2v) is 5.91. The number of carbonyl (C=O) groups excluding carboxylic acids is 2. The van der Waals surface area contributed by atoms with Gasteiger partial charge in [0.05, 0.1) is 0 Å². The Balaban J connectivity index is 2.14. The van der Waals surface area contributed by atoms with Gasteiger partial charge in [0.15, 0.2) is 0 Å². The Hall–Kier alpha value is -2.02. The highest BCUT2D eigenvalue weighted by molar-refractivity contribution is 6.00.